The van der Waals surface area contributed by atoms with Crippen molar-refractivity contribution in [3.8, 4) is 0 Å². The van der Waals surface area contributed by atoms with Crippen molar-refractivity contribution in [2.24, 2.45) is 11.5 Å². The van der Waals surface area contributed by atoms with Crippen molar-refractivity contribution in [3.05, 3.63) is 33.8 Å². The van der Waals surface area contributed by atoms with E-state index in [0.29, 0.717) is 25.7 Å². The molecule has 0 aliphatic rings. The van der Waals surface area contributed by atoms with Crippen molar-refractivity contribution in [3.63, 3.8) is 0 Å². The molecule has 29 heavy (non-hydrogen) atoms. The molecule has 0 aliphatic carbocycles. The summed E-state index contributed by atoms with van der Waals surface area (Å²) in [6, 6.07) is 4.57. The SMILES string of the molecule is CCC[C@](C)(NC(=O)c1cccc(C(=O)N[C@@](C)(CCC)C(N)=O)c1Br)C(N)=O. The molecule has 0 unspecified atom stereocenters. The molecule has 0 aliphatic heterocycles. The molecule has 1 aromatic carbocycles. The first-order chi connectivity index (χ1) is 13.4. The van der Waals surface area contributed by atoms with Crippen LogP contribution >= 0.6 is 15.9 Å². The van der Waals surface area contributed by atoms with Gasteiger partial charge >= 0.3 is 0 Å². The minimum atomic E-state index is -1.21. The van der Waals surface area contributed by atoms with Gasteiger partial charge in [-0.15, -0.1) is 0 Å². The highest BCUT2D eigenvalue weighted by atomic mass is 79.9. The number of primary amides is 2. The Kier molecular flexibility index (Phi) is 8.37. The summed E-state index contributed by atoms with van der Waals surface area (Å²) in [5, 5.41) is 5.31. The van der Waals surface area contributed by atoms with E-state index in [-0.39, 0.29) is 15.6 Å². The Labute approximate surface area is 179 Å². The van der Waals surface area contributed by atoms with Crippen LogP contribution in [0.2, 0.25) is 0 Å². The van der Waals surface area contributed by atoms with Crippen LogP contribution in [-0.2, 0) is 9.59 Å². The molecule has 8 nitrogen and oxygen atoms in total. The number of hydrogen-bond acceptors (Lipinski definition) is 4. The van der Waals surface area contributed by atoms with E-state index in [1.807, 2.05) is 13.8 Å². The zero-order chi connectivity index (χ0) is 22.4. The van der Waals surface area contributed by atoms with Crippen molar-refractivity contribution in [1.29, 1.82) is 0 Å². The molecule has 0 radical (unpaired) electrons. The first-order valence-corrected chi connectivity index (χ1v) is 10.2. The number of hydrogen-bond donors (Lipinski definition) is 4. The lowest BCUT2D eigenvalue weighted by Crippen LogP contribution is -2.55. The molecule has 4 amide bonds. The molecule has 0 fully saturated rings. The summed E-state index contributed by atoms with van der Waals surface area (Å²) in [5.74, 6) is -2.39. The number of rotatable bonds is 10. The van der Waals surface area contributed by atoms with E-state index in [0.717, 1.165) is 0 Å². The van der Waals surface area contributed by atoms with Gasteiger partial charge in [-0.25, -0.2) is 0 Å². The molecule has 2 atom stereocenters. The summed E-state index contributed by atoms with van der Waals surface area (Å²) in [6.07, 6.45) is 2.04. The van der Waals surface area contributed by atoms with Gasteiger partial charge in [-0.05, 0) is 54.8 Å². The van der Waals surface area contributed by atoms with Crippen LogP contribution in [0.4, 0.5) is 0 Å². The van der Waals surface area contributed by atoms with Gasteiger partial charge in [-0.3, -0.25) is 19.2 Å². The highest BCUT2D eigenvalue weighted by Crippen LogP contribution is 2.24. The largest absolute Gasteiger partial charge is 0.368 e. The van der Waals surface area contributed by atoms with E-state index in [1.54, 1.807) is 13.8 Å². The van der Waals surface area contributed by atoms with Gasteiger partial charge < -0.3 is 22.1 Å². The van der Waals surface area contributed by atoms with Gasteiger partial charge in [0.15, 0.2) is 0 Å². The van der Waals surface area contributed by atoms with E-state index in [2.05, 4.69) is 26.6 Å². The van der Waals surface area contributed by atoms with Crippen LogP contribution in [0.1, 0.15) is 74.1 Å². The van der Waals surface area contributed by atoms with E-state index < -0.39 is 34.7 Å². The van der Waals surface area contributed by atoms with E-state index in [1.165, 1.54) is 18.2 Å². The fourth-order valence-corrected chi connectivity index (χ4v) is 3.64. The second-order valence-corrected chi connectivity index (χ2v) is 8.26. The Morgan fingerprint density at radius 3 is 1.48 bits per heavy atom. The maximum atomic E-state index is 12.8. The molecule has 0 saturated heterocycles. The molecule has 9 heteroatoms. The lowest BCUT2D eigenvalue weighted by molar-refractivity contribution is -0.124. The number of nitrogens with one attached hydrogen (secondary N) is 2. The lowest BCUT2D eigenvalue weighted by Gasteiger charge is -2.28. The molecule has 1 rings (SSSR count). The highest BCUT2D eigenvalue weighted by Gasteiger charge is 2.35. The normalized spacial score (nSPS) is 14.9. The monoisotopic (exact) mass is 468 g/mol. The van der Waals surface area contributed by atoms with Crippen LogP contribution in [0.25, 0.3) is 0 Å². The van der Waals surface area contributed by atoms with E-state index in [4.69, 9.17) is 11.5 Å². The third kappa shape index (κ3) is 5.79. The fraction of sp³-hybridized carbons (Fsp3) is 0.500. The highest BCUT2D eigenvalue weighted by molar-refractivity contribution is 9.10. The van der Waals surface area contributed by atoms with E-state index >= 15 is 0 Å². The maximum Gasteiger partial charge on any atom is 0.253 e. The zero-order valence-corrected chi connectivity index (χ0v) is 18.8. The maximum absolute atomic E-state index is 12.8. The smallest absolute Gasteiger partial charge is 0.253 e. The molecule has 0 saturated carbocycles. The predicted octanol–water partition coefficient (Wildman–Crippen LogP) is 2.00. The zero-order valence-electron chi connectivity index (χ0n) is 17.2. The van der Waals surface area contributed by atoms with Crippen LogP contribution in [0.3, 0.4) is 0 Å². The molecule has 6 N–H and O–H groups in total. The Morgan fingerprint density at radius 2 is 1.21 bits per heavy atom. The van der Waals surface area contributed by atoms with Gasteiger partial charge in [0.25, 0.3) is 11.8 Å². The number of carbonyl (C=O) groups excluding carboxylic acids is 4. The van der Waals surface area contributed by atoms with Crippen LogP contribution in [0, 0.1) is 0 Å². The molecular weight excluding hydrogens is 440 g/mol. The lowest BCUT2D eigenvalue weighted by atomic mass is 9.94. The van der Waals surface area contributed by atoms with Crippen LogP contribution in [0.15, 0.2) is 22.7 Å². The van der Waals surface area contributed by atoms with Crippen molar-refractivity contribution in [1.82, 2.24) is 10.6 Å². The molecule has 0 aromatic heterocycles. The summed E-state index contributed by atoms with van der Waals surface area (Å²) in [6.45, 7) is 6.87. The number of halogens is 1. The minimum absolute atomic E-state index is 0.164. The van der Waals surface area contributed by atoms with Gasteiger partial charge in [-0.1, -0.05) is 32.8 Å². The van der Waals surface area contributed by atoms with Crippen molar-refractivity contribution in [2.45, 2.75) is 64.5 Å². The van der Waals surface area contributed by atoms with Crippen molar-refractivity contribution in [2.75, 3.05) is 0 Å². The first kappa shape index (κ1) is 24.6. The molecule has 0 bridgehead atoms. The minimum Gasteiger partial charge on any atom is -0.368 e. The second kappa shape index (κ2) is 9.87. The quantitative estimate of drug-likeness (QED) is 0.415. The Balaban J connectivity index is 3.20. The Hall–Kier alpha value is -2.42. The standard InChI is InChI=1S/C20H29BrN4O4/c1-5-10-19(3,17(22)28)24-15(26)12-8-7-9-13(14(12)21)16(27)25-20(4,11-6-2)18(23)29/h7-9H,5-6,10-11H2,1-4H3,(H2,22,28)(H2,23,29)(H,24,26)(H,25,27)/t19-,20-/m0/s1. The molecule has 0 heterocycles. The Morgan fingerprint density at radius 1 is 0.862 bits per heavy atom. The van der Waals surface area contributed by atoms with Gasteiger partial charge in [-0.2, -0.15) is 0 Å². The summed E-state index contributed by atoms with van der Waals surface area (Å²) in [7, 11) is 0. The van der Waals surface area contributed by atoms with Crippen LogP contribution in [0.5, 0.6) is 0 Å². The summed E-state index contributed by atoms with van der Waals surface area (Å²) in [5.41, 5.74) is 8.81. The average molecular weight is 469 g/mol. The molecule has 1 aromatic rings. The fourth-order valence-electron chi connectivity index (χ4n) is 3.01. The summed E-state index contributed by atoms with van der Waals surface area (Å²) in [4.78, 5) is 49.2. The van der Waals surface area contributed by atoms with Gasteiger partial charge in [0.1, 0.15) is 11.1 Å². The van der Waals surface area contributed by atoms with Gasteiger partial charge in [0, 0.05) is 4.47 Å². The van der Waals surface area contributed by atoms with Gasteiger partial charge in [0.05, 0.1) is 11.1 Å². The number of amides is 4. The number of carbonyl (C=O) groups is 4. The molecule has 0 spiro atoms. The van der Waals surface area contributed by atoms with E-state index in [9.17, 15) is 19.2 Å². The summed E-state index contributed by atoms with van der Waals surface area (Å²) < 4.78 is 0.238. The topological polar surface area (TPSA) is 144 Å². The van der Waals surface area contributed by atoms with Crippen LogP contribution < -0.4 is 22.1 Å². The number of nitrogens with two attached hydrogens (primary N) is 2. The first-order valence-electron chi connectivity index (χ1n) is 9.45. The molecular formula is C20H29BrN4O4. The third-order valence-electron chi connectivity index (χ3n) is 4.85. The second-order valence-electron chi connectivity index (χ2n) is 7.47. The Bertz CT molecular complexity index is 751. The number of benzene rings is 1. The molecule has 160 valence electrons. The predicted molar refractivity (Wildman–Crippen MR) is 114 cm³/mol. The van der Waals surface area contributed by atoms with Crippen molar-refractivity contribution >= 4 is 39.6 Å². The van der Waals surface area contributed by atoms with Crippen molar-refractivity contribution < 1.29 is 19.2 Å². The van der Waals surface area contributed by atoms with Gasteiger partial charge in [0.2, 0.25) is 11.8 Å². The third-order valence-corrected chi connectivity index (χ3v) is 5.71. The average Bonchev–Trinajstić information content (AvgIpc) is 2.61. The van der Waals surface area contributed by atoms with Crippen LogP contribution in [-0.4, -0.2) is 34.7 Å². The summed E-state index contributed by atoms with van der Waals surface area (Å²) >= 11 is 3.30.